The van der Waals surface area contributed by atoms with E-state index in [1.807, 2.05) is 6.20 Å². The smallest absolute Gasteiger partial charge is 0.224 e. The number of nitrogens with zero attached hydrogens (tertiary/aromatic N) is 3. The molecule has 1 atom stereocenters. The Labute approximate surface area is 126 Å². The zero-order valence-electron chi connectivity index (χ0n) is 13.1. The highest BCUT2D eigenvalue weighted by Crippen LogP contribution is 2.19. The Bertz CT molecular complexity index is 457. The number of hydrogen-bond donors (Lipinski definition) is 2. The zero-order chi connectivity index (χ0) is 15.2. The van der Waals surface area contributed by atoms with E-state index in [4.69, 9.17) is 5.73 Å². The fourth-order valence-corrected chi connectivity index (χ4v) is 2.91. The quantitative estimate of drug-likeness (QED) is 0.811. The van der Waals surface area contributed by atoms with Crippen LogP contribution in [0.5, 0.6) is 0 Å². The van der Waals surface area contributed by atoms with Crippen LogP contribution in [0.25, 0.3) is 0 Å². The molecule has 6 heteroatoms. The minimum atomic E-state index is 0.0840. The minimum Gasteiger partial charge on any atom is -0.355 e. The van der Waals surface area contributed by atoms with Gasteiger partial charge in [0, 0.05) is 38.4 Å². The van der Waals surface area contributed by atoms with Crippen LogP contribution in [0, 0.1) is 5.92 Å². The summed E-state index contributed by atoms with van der Waals surface area (Å²) < 4.78 is 2.05. The fourth-order valence-electron chi connectivity index (χ4n) is 2.91. The maximum absolute atomic E-state index is 12.1. The lowest BCUT2D eigenvalue weighted by molar-refractivity contribution is -0.126. The number of nitrogens with one attached hydrogen (secondary N) is 1. The van der Waals surface area contributed by atoms with E-state index >= 15 is 0 Å². The monoisotopic (exact) mass is 293 g/mol. The van der Waals surface area contributed by atoms with Crippen LogP contribution in [-0.2, 0) is 11.3 Å². The number of rotatable bonds is 6. The third kappa shape index (κ3) is 4.28. The van der Waals surface area contributed by atoms with Crippen molar-refractivity contribution in [2.45, 2.75) is 39.3 Å². The lowest BCUT2D eigenvalue weighted by Crippen LogP contribution is -2.43. The molecule has 1 aliphatic rings. The van der Waals surface area contributed by atoms with Crippen LogP contribution in [0.4, 0.5) is 0 Å². The molecule has 1 aromatic rings. The molecule has 2 rings (SSSR count). The van der Waals surface area contributed by atoms with E-state index in [0.29, 0.717) is 19.1 Å². The van der Waals surface area contributed by atoms with Gasteiger partial charge in [-0.3, -0.25) is 14.4 Å². The molecule has 1 aromatic heterocycles. The summed E-state index contributed by atoms with van der Waals surface area (Å²) in [6.07, 6.45) is 3.89. The first kappa shape index (κ1) is 16.0. The SMILES string of the molecule is CC(C)n1nccc1CN1CCCC(C(=O)NCCN)C1. The Hall–Kier alpha value is -1.40. The van der Waals surface area contributed by atoms with E-state index in [9.17, 15) is 4.79 Å². The summed E-state index contributed by atoms with van der Waals surface area (Å²) >= 11 is 0. The molecular weight excluding hydrogens is 266 g/mol. The maximum Gasteiger partial charge on any atom is 0.224 e. The van der Waals surface area contributed by atoms with Gasteiger partial charge in [0.1, 0.15) is 0 Å². The van der Waals surface area contributed by atoms with Gasteiger partial charge in [0.2, 0.25) is 5.91 Å². The highest BCUT2D eigenvalue weighted by Gasteiger charge is 2.26. The summed E-state index contributed by atoms with van der Waals surface area (Å²) in [5.74, 6) is 0.225. The van der Waals surface area contributed by atoms with Gasteiger partial charge in [0.15, 0.2) is 0 Å². The van der Waals surface area contributed by atoms with Crippen molar-refractivity contribution in [3.63, 3.8) is 0 Å². The van der Waals surface area contributed by atoms with Crippen molar-refractivity contribution in [2.24, 2.45) is 11.7 Å². The van der Waals surface area contributed by atoms with Crippen molar-refractivity contribution in [2.75, 3.05) is 26.2 Å². The second kappa shape index (κ2) is 7.56. The van der Waals surface area contributed by atoms with Crippen molar-refractivity contribution in [3.05, 3.63) is 18.0 Å². The van der Waals surface area contributed by atoms with Crippen LogP contribution in [0.3, 0.4) is 0 Å². The largest absolute Gasteiger partial charge is 0.355 e. The van der Waals surface area contributed by atoms with Gasteiger partial charge in [-0.1, -0.05) is 0 Å². The summed E-state index contributed by atoms with van der Waals surface area (Å²) in [7, 11) is 0. The third-order valence-electron chi connectivity index (χ3n) is 3.95. The Morgan fingerprint density at radius 3 is 3.10 bits per heavy atom. The number of aromatic nitrogens is 2. The average molecular weight is 293 g/mol. The fraction of sp³-hybridized carbons (Fsp3) is 0.733. The van der Waals surface area contributed by atoms with Gasteiger partial charge in [-0.15, -0.1) is 0 Å². The molecule has 0 saturated carbocycles. The summed E-state index contributed by atoms with van der Waals surface area (Å²) in [5, 5.41) is 7.28. The molecule has 1 fully saturated rings. The molecule has 1 unspecified atom stereocenters. The third-order valence-corrected chi connectivity index (χ3v) is 3.95. The Morgan fingerprint density at radius 2 is 2.38 bits per heavy atom. The second-order valence-electron chi connectivity index (χ2n) is 6.01. The van der Waals surface area contributed by atoms with Crippen LogP contribution in [0.15, 0.2) is 12.3 Å². The number of carbonyl (C=O) groups is 1. The number of likely N-dealkylation sites (tertiary alicyclic amines) is 1. The van der Waals surface area contributed by atoms with E-state index in [1.54, 1.807) is 0 Å². The number of amides is 1. The predicted octanol–water partition coefficient (Wildman–Crippen LogP) is 0.751. The molecule has 0 aromatic carbocycles. The summed E-state index contributed by atoms with van der Waals surface area (Å²) in [6, 6.07) is 2.43. The molecule has 2 heterocycles. The van der Waals surface area contributed by atoms with Crippen molar-refractivity contribution < 1.29 is 4.79 Å². The van der Waals surface area contributed by atoms with Crippen molar-refractivity contribution >= 4 is 5.91 Å². The minimum absolute atomic E-state index is 0.0840. The lowest BCUT2D eigenvalue weighted by Gasteiger charge is -2.32. The van der Waals surface area contributed by atoms with E-state index in [-0.39, 0.29) is 11.8 Å². The van der Waals surface area contributed by atoms with Crippen molar-refractivity contribution in [3.8, 4) is 0 Å². The van der Waals surface area contributed by atoms with Crippen LogP contribution >= 0.6 is 0 Å². The molecular formula is C15H27N5O. The Kier molecular flexibility index (Phi) is 5.76. The highest BCUT2D eigenvalue weighted by molar-refractivity contribution is 5.78. The standard InChI is InChI=1S/C15H27N5O/c1-12(2)20-14(5-7-18-20)11-19-9-3-4-13(10-19)15(21)17-8-6-16/h5,7,12-13H,3-4,6,8-11,16H2,1-2H3,(H,17,21). The van der Waals surface area contributed by atoms with Crippen LogP contribution < -0.4 is 11.1 Å². The van der Waals surface area contributed by atoms with Crippen molar-refractivity contribution in [1.82, 2.24) is 20.0 Å². The average Bonchev–Trinajstić information content (AvgIpc) is 2.93. The van der Waals surface area contributed by atoms with Gasteiger partial charge in [0.25, 0.3) is 0 Å². The molecule has 0 bridgehead atoms. The van der Waals surface area contributed by atoms with E-state index in [2.05, 4.69) is 39.9 Å². The molecule has 0 spiro atoms. The van der Waals surface area contributed by atoms with Crippen LogP contribution in [-0.4, -0.2) is 46.8 Å². The molecule has 0 radical (unpaired) electrons. The van der Waals surface area contributed by atoms with E-state index < -0.39 is 0 Å². The number of piperidine rings is 1. The predicted molar refractivity (Wildman–Crippen MR) is 82.7 cm³/mol. The molecule has 0 aliphatic carbocycles. The van der Waals surface area contributed by atoms with E-state index in [1.165, 1.54) is 5.69 Å². The first-order chi connectivity index (χ1) is 10.1. The lowest BCUT2D eigenvalue weighted by atomic mass is 9.97. The number of carbonyl (C=O) groups excluding carboxylic acids is 1. The number of nitrogens with two attached hydrogens (primary N) is 1. The highest BCUT2D eigenvalue weighted by atomic mass is 16.1. The van der Waals surface area contributed by atoms with Gasteiger partial charge in [0.05, 0.1) is 11.6 Å². The maximum atomic E-state index is 12.1. The van der Waals surface area contributed by atoms with Gasteiger partial charge in [-0.2, -0.15) is 5.10 Å². The van der Waals surface area contributed by atoms with Crippen LogP contribution in [0.2, 0.25) is 0 Å². The molecule has 118 valence electrons. The Morgan fingerprint density at radius 1 is 1.57 bits per heavy atom. The Balaban J connectivity index is 1.92. The molecule has 1 amide bonds. The van der Waals surface area contributed by atoms with Crippen molar-refractivity contribution in [1.29, 1.82) is 0 Å². The zero-order valence-corrected chi connectivity index (χ0v) is 13.1. The molecule has 1 aliphatic heterocycles. The normalized spacial score (nSPS) is 19.9. The van der Waals surface area contributed by atoms with Gasteiger partial charge in [-0.05, 0) is 39.3 Å². The number of hydrogen-bond acceptors (Lipinski definition) is 4. The second-order valence-corrected chi connectivity index (χ2v) is 6.01. The van der Waals surface area contributed by atoms with E-state index in [0.717, 1.165) is 32.5 Å². The summed E-state index contributed by atoms with van der Waals surface area (Å²) in [6.45, 7) is 8.05. The first-order valence-electron chi connectivity index (χ1n) is 7.84. The van der Waals surface area contributed by atoms with Gasteiger partial charge < -0.3 is 11.1 Å². The van der Waals surface area contributed by atoms with Crippen LogP contribution in [0.1, 0.15) is 38.4 Å². The van der Waals surface area contributed by atoms with Gasteiger partial charge >= 0.3 is 0 Å². The summed E-state index contributed by atoms with van der Waals surface area (Å²) in [4.78, 5) is 14.4. The first-order valence-corrected chi connectivity index (χ1v) is 7.84. The topological polar surface area (TPSA) is 76.2 Å². The van der Waals surface area contributed by atoms with Gasteiger partial charge in [-0.25, -0.2) is 0 Å². The molecule has 3 N–H and O–H groups in total. The molecule has 1 saturated heterocycles. The molecule has 6 nitrogen and oxygen atoms in total. The summed E-state index contributed by atoms with van der Waals surface area (Å²) in [5.41, 5.74) is 6.65. The molecule has 21 heavy (non-hydrogen) atoms.